The highest BCUT2D eigenvalue weighted by Gasteiger charge is 2.31. The number of aliphatic carboxylic acids is 3. The van der Waals surface area contributed by atoms with E-state index in [2.05, 4.69) is 31.3 Å². The average molecular weight is 1020 g/mol. The first-order chi connectivity index (χ1) is 33.7. The molecule has 2 aliphatic rings. The molecule has 1 amide bonds. The Labute approximate surface area is 416 Å². The monoisotopic (exact) mass is 1020 g/mol. The van der Waals surface area contributed by atoms with E-state index in [9.17, 15) is 42.6 Å². The molecule has 0 radical (unpaired) electrons. The number of nitrogens with one attached hydrogen (secondary N) is 1. The van der Waals surface area contributed by atoms with Crippen molar-refractivity contribution in [2.24, 2.45) is 0 Å². The van der Waals surface area contributed by atoms with Crippen LogP contribution in [0.1, 0.15) is 133 Å². The summed E-state index contributed by atoms with van der Waals surface area (Å²) in [7, 11) is -1.71. The first-order valence-electron chi connectivity index (χ1n) is 23.2. The molecule has 1 fully saturated rings. The van der Waals surface area contributed by atoms with Crippen LogP contribution in [-0.2, 0) is 37.4 Å². The van der Waals surface area contributed by atoms with Gasteiger partial charge in [-0.3, -0.25) is 14.4 Å². The molecule has 5 aromatic rings. The first-order valence-corrected chi connectivity index (χ1v) is 25.0. The number of aryl methyl sites for hydroxylation is 1. The molecule has 2 atom stereocenters. The Hall–Kier alpha value is -6.97. The van der Waals surface area contributed by atoms with E-state index in [1.807, 2.05) is 31.9 Å². The molecular formula is C49H60ClN9O11S. The Morgan fingerprint density at radius 1 is 0.831 bits per heavy atom. The molecule has 1 saturated carbocycles. The first kappa shape index (κ1) is 55.0. The fourth-order valence-corrected chi connectivity index (χ4v) is 10.4. The second kappa shape index (κ2) is 25.2. The van der Waals surface area contributed by atoms with E-state index >= 15 is 0 Å². The maximum atomic E-state index is 12.4. The summed E-state index contributed by atoms with van der Waals surface area (Å²) in [5, 5.41) is 39.0. The molecule has 0 bridgehead atoms. The van der Waals surface area contributed by atoms with Crippen molar-refractivity contribution in [2.75, 3.05) is 36.5 Å². The van der Waals surface area contributed by atoms with Crippen LogP contribution in [0.4, 0.5) is 17.5 Å². The van der Waals surface area contributed by atoms with Crippen LogP contribution in [-0.4, -0.2) is 109 Å². The van der Waals surface area contributed by atoms with Gasteiger partial charge in [-0.15, -0.1) is 0 Å². The van der Waals surface area contributed by atoms with Crippen molar-refractivity contribution in [3.05, 3.63) is 105 Å². The molecule has 1 unspecified atom stereocenters. The minimum absolute atomic E-state index is 0.0138. The van der Waals surface area contributed by atoms with Crippen LogP contribution in [0, 0.1) is 0 Å². The Kier molecular flexibility index (Phi) is 19.5. The van der Waals surface area contributed by atoms with Gasteiger partial charge in [-0.2, -0.15) is 14.3 Å². The van der Waals surface area contributed by atoms with Crippen molar-refractivity contribution in [3.63, 3.8) is 0 Å². The van der Waals surface area contributed by atoms with Crippen LogP contribution in [0.3, 0.4) is 0 Å². The van der Waals surface area contributed by atoms with Crippen LogP contribution in [0.25, 0.3) is 11.2 Å². The van der Waals surface area contributed by atoms with E-state index in [4.69, 9.17) is 33.3 Å². The molecular weight excluding hydrogens is 958 g/mol. The lowest BCUT2D eigenvalue weighted by atomic mass is 9.83. The summed E-state index contributed by atoms with van der Waals surface area (Å²) in [5.74, 6) is -4.47. The van der Waals surface area contributed by atoms with Gasteiger partial charge in [0.25, 0.3) is 5.91 Å². The third kappa shape index (κ3) is 14.8. The molecule has 2 aromatic heterocycles. The lowest BCUT2D eigenvalue weighted by molar-refractivity contribution is -0.141. The highest BCUT2D eigenvalue weighted by molar-refractivity contribution is 7.89. The third-order valence-corrected chi connectivity index (χ3v) is 14.3. The number of halogens is 1. The number of amides is 1. The normalized spacial score (nSPS) is 14.8. The molecule has 2 aliphatic carbocycles. The topological polar surface area (TPSA) is 323 Å². The smallest absolute Gasteiger partial charge is 0.335 e. The number of carbonyl (C=O) groups excluding carboxylic acids is 1. The quantitative estimate of drug-likeness (QED) is 0.0466. The van der Waals surface area contributed by atoms with Gasteiger partial charge in [-0.05, 0) is 122 Å². The molecule has 3 aromatic carbocycles. The highest BCUT2D eigenvalue weighted by atomic mass is 35.5. The standard InChI is InChI=1S/C20H22N8O5.C16H19ClO2.C13H19NO4S/c1-28(9-11-8-23-17-15(24-11)16(21)26-20(22)27-17)12-4-2-10(3-5-12)18(31)25-13(19(32)33)6-7-14(29)30;17-15-9-13-11(6-7-12(13)16(18)19)8-14(15)10-4-2-1-3-5-10;1-3-9-14(10-4-2)19(17,18)12-7-5-11(6-8-12)13(15)16/h2-5,8,13H,6-7,9H2,1H3,(H,25,31)(H,29,30)(H,32,33)(H4,21,22,23,26,27);8-10,12H,1-7H2,(H,18,19);5-8H,3-4,9-10H2,1-2H3,(H,15,16)/t13-;;/m0../s1. The van der Waals surface area contributed by atoms with E-state index in [1.165, 1.54) is 83.9 Å². The number of nitrogen functional groups attached to an aromatic ring is 2. The van der Waals surface area contributed by atoms with Crippen LogP contribution in [0.2, 0.25) is 5.02 Å². The SMILES string of the molecule is CCCN(CCC)S(=O)(=O)c1ccc(C(=O)O)cc1.CN(Cc1cnc2nc(N)nc(N)c2n1)c1ccc(C(=O)N[C@@H](CCC(=O)O)C(=O)O)cc1.O=C(O)C1CCc2cc(C3CCCCC3)c(Cl)cc21. The predicted molar refractivity (Wildman–Crippen MR) is 267 cm³/mol. The average Bonchev–Trinajstić information content (AvgIpc) is 3.76. The highest BCUT2D eigenvalue weighted by Crippen LogP contribution is 2.42. The van der Waals surface area contributed by atoms with Crippen LogP contribution in [0.5, 0.6) is 0 Å². The summed E-state index contributed by atoms with van der Waals surface area (Å²) in [5.41, 5.74) is 17.1. The van der Waals surface area contributed by atoms with Crippen molar-refractivity contribution in [1.82, 2.24) is 29.6 Å². The van der Waals surface area contributed by atoms with Gasteiger partial charge in [0.2, 0.25) is 16.0 Å². The van der Waals surface area contributed by atoms with Crippen molar-refractivity contribution in [3.8, 4) is 0 Å². The molecule has 2 heterocycles. The second-order valence-electron chi connectivity index (χ2n) is 17.3. The summed E-state index contributed by atoms with van der Waals surface area (Å²) < 4.78 is 26.2. The Morgan fingerprint density at radius 3 is 2.04 bits per heavy atom. The van der Waals surface area contributed by atoms with Crippen molar-refractivity contribution >= 4 is 80.0 Å². The zero-order valence-electron chi connectivity index (χ0n) is 39.8. The Morgan fingerprint density at radius 2 is 1.46 bits per heavy atom. The zero-order chi connectivity index (χ0) is 52.0. The van der Waals surface area contributed by atoms with Crippen molar-refractivity contribution < 1.29 is 52.8 Å². The summed E-state index contributed by atoms with van der Waals surface area (Å²) in [6, 6.07) is 14.6. The molecule has 9 N–H and O–H groups in total. The summed E-state index contributed by atoms with van der Waals surface area (Å²) in [4.78, 5) is 74.8. The van der Waals surface area contributed by atoms with Gasteiger partial charge < -0.3 is 42.1 Å². The number of carboxylic acid groups (broad SMARTS) is 4. The predicted octanol–water partition coefficient (Wildman–Crippen LogP) is 6.97. The fraction of sp³-hybridized carbons (Fsp3) is 0.408. The van der Waals surface area contributed by atoms with Gasteiger partial charge in [-0.1, -0.05) is 50.8 Å². The van der Waals surface area contributed by atoms with E-state index in [1.54, 1.807) is 18.3 Å². The molecule has 20 nitrogen and oxygen atoms in total. The number of aromatic carboxylic acids is 1. The van der Waals surface area contributed by atoms with Crippen molar-refractivity contribution in [2.45, 2.75) is 114 Å². The van der Waals surface area contributed by atoms with E-state index in [0.29, 0.717) is 42.4 Å². The molecule has 22 heteroatoms. The van der Waals surface area contributed by atoms with Gasteiger partial charge in [-0.25, -0.2) is 28.0 Å². The summed E-state index contributed by atoms with van der Waals surface area (Å²) in [6.07, 6.45) is 10.4. The number of rotatable bonds is 18. The molecule has 7 rings (SSSR count). The number of hydrogen-bond acceptors (Lipinski definition) is 14. The lowest BCUT2D eigenvalue weighted by Crippen LogP contribution is -2.41. The Balaban J connectivity index is 0.000000211. The number of carboxylic acids is 4. The van der Waals surface area contributed by atoms with Crippen LogP contribution < -0.4 is 21.7 Å². The minimum Gasteiger partial charge on any atom is -0.481 e. The van der Waals surface area contributed by atoms with E-state index in [0.717, 1.165) is 42.0 Å². The summed E-state index contributed by atoms with van der Waals surface area (Å²) >= 11 is 6.42. The third-order valence-electron chi connectivity index (χ3n) is 12.1. The van der Waals surface area contributed by atoms with E-state index < -0.39 is 45.8 Å². The number of aromatic nitrogens is 4. The van der Waals surface area contributed by atoms with Gasteiger partial charge in [0, 0.05) is 42.8 Å². The molecule has 0 spiro atoms. The number of nitrogens with zero attached hydrogens (tertiary/aromatic N) is 6. The van der Waals surface area contributed by atoms with Gasteiger partial charge in [0.15, 0.2) is 17.0 Å². The van der Waals surface area contributed by atoms with E-state index in [-0.39, 0.29) is 46.5 Å². The molecule has 0 saturated heterocycles. The summed E-state index contributed by atoms with van der Waals surface area (Å²) in [6.45, 7) is 5.15. The lowest BCUT2D eigenvalue weighted by Gasteiger charge is -2.24. The van der Waals surface area contributed by atoms with Gasteiger partial charge in [0.1, 0.15) is 6.04 Å². The number of carbonyl (C=O) groups is 5. The number of hydrogen-bond donors (Lipinski definition) is 7. The maximum absolute atomic E-state index is 12.4. The molecule has 380 valence electrons. The van der Waals surface area contributed by atoms with Crippen LogP contribution >= 0.6 is 11.6 Å². The van der Waals surface area contributed by atoms with Crippen LogP contribution in [0.15, 0.2) is 71.8 Å². The molecule has 71 heavy (non-hydrogen) atoms. The zero-order valence-corrected chi connectivity index (χ0v) is 41.3. The van der Waals surface area contributed by atoms with Crippen molar-refractivity contribution in [1.29, 1.82) is 0 Å². The number of anilines is 3. The number of nitrogens with two attached hydrogens (primary N) is 2. The van der Waals surface area contributed by atoms with Gasteiger partial charge >= 0.3 is 23.9 Å². The maximum Gasteiger partial charge on any atom is 0.335 e. The number of benzene rings is 3. The fourth-order valence-electron chi connectivity index (χ4n) is 8.43. The second-order valence-corrected chi connectivity index (χ2v) is 19.6. The largest absolute Gasteiger partial charge is 0.481 e. The molecule has 0 aliphatic heterocycles. The number of sulfonamides is 1. The number of fused-ring (bicyclic) bond motifs is 2. The van der Waals surface area contributed by atoms with Gasteiger partial charge in [0.05, 0.1) is 34.8 Å². The Bertz CT molecular complexity index is 2810. The minimum atomic E-state index is -3.53.